The number of unbranched alkanes of at least 4 members (excludes halogenated alkanes) is 1. The highest BCUT2D eigenvalue weighted by Gasteiger charge is 2.25. The Morgan fingerprint density at radius 3 is 2.50 bits per heavy atom. The van der Waals surface area contributed by atoms with Gasteiger partial charge in [-0.05, 0) is 76.8 Å². The van der Waals surface area contributed by atoms with Gasteiger partial charge in [-0.3, -0.25) is 4.79 Å². The summed E-state index contributed by atoms with van der Waals surface area (Å²) in [5.74, 6) is -0.252. The van der Waals surface area contributed by atoms with Crippen molar-refractivity contribution in [2.24, 2.45) is 0 Å². The predicted molar refractivity (Wildman–Crippen MR) is 131 cm³/mol. The smallest absolute Gasteiger partial charge is 0.272 e. The summed E-state index contributed by atoms with van der Waals surface area (Å²) < 4.78 is 16.4. The predicted octanol–water partition coefficient (Wildman–Crippen LogP) is 6.95. The van der Waals surface area contributed by atoms with Crippen LogP contribution in [-0.2, 0) is 5.54 Å². The van der Waals surface area contributed by atoms with E-state index in [0.29, 0.717) is 11.3 Å². The molecule has 1 atom stereocenters. The standard InChI is InChI=1S/C27H36FN3O/c1-8-10-15-30(19(4)9-2)26(32)24-14-13-21-22(20-12-11-18(3)23(28)16-20)17-31(25(21)29-24)27(5,6)7/h11-14,16-17,19H,8-10,15H2,1-7H3/t19-/m1/s1. The third-order valence-corrected chi connectivity index (χ3v) is 6.21. The Bertz CT molecular complexity index is 1110. The van der Waals surface area contributed by atoms with E-state index in [4.69, 9.17) is 4.98 Å². The van der Waals surface area contributed by atoms with Crippen LogP contribution in [0.25, 0.3) is 22.2 Å². The number of pyridine rings is 1. The summed E-state index contributed by atoms with van der Waals surface area (Å²) in [7, 11) is 0. The van der Waals surface area contributed by atoms with Crippen LogP contribution in [-0.4, -0.2) is 32.9 Å². The van der Waals surface area contributed by atoms with Crippen LogP contribution in [0.15, 0.2) is 36.5 Å². The summed E-state index contributed by atoms with van der Waals surface area (Å²) in [4.78, 5) is 20.2. The summed E-state index contributed by atoms with van der Waals surface area (Å²) in [6, 6.07) is 9.24. The Kier molecular flexibility index (Phi) is 7.06. The minimum atomic E-state index is -0.243. The molecule has 0 unspecified atom stereocenters. The molecule has 3 rings (SSSR count). The van der Waals surface area contributed by atoms with E-state index >= 15 is 0 Å². The molecule has 32 heavy (non-hydrogen) atoms. The lowest BCUT2D eigenvalue weighted by Crippen LogP contribution is -2.39. The second-order valence-electron chi connectivity index (χ2n) is 9.72. The molecule has 1 amide bonds. The number of amides is 1. The van der Waals surface area contributed by atoms with Crippen molar-refractivity contribution in [3.63, 3.8) is 0 Å². The van der Waals surface area contributed by atoms with Crippen LogP contribution >= 0.6 is 0 Å². The molecular formula is C27H36FN3O. The number of halogens is 1. The topological polar surface area (TPSA) is 38.1 Å². The number of carbonyl (C=O) groups excluding carboxylic acids is 1. The van der Waals surface area contributed by atoms with Crippen molar-refractivity contribution in [2.75, 3.05) is 6.54 Å². The first-order valence-corrected chi connectivity index (χ1v) is 11.7. The average molecular weight is 438 g/mol. The zero-order valence-electron chi connectivity index (χ0n) is 20.5. The Hall–Kier alpha value is -2.69. The molecule has 3 aromatic rings. The first-order chi connectivity index (χ1) is 15.1. The maximum atomic E-state index is 14.3. The summed E-state index contributed by atoms with van der Waals surface area (Å²) in [6.45, 7) is 15.1. The largest absolute Gasteiger partial charge is 0.335 e. The van der Waals surface area contributed by atoms with Crippen LogP contribution in [0.1, 0.15) is 76.9 Å². The third kappa shape index (κ3) is 4.72. The highest BCUT2D eigenvalue weighted by atomic mass is 19.1. The molecule has 0 saturated heterocycles. The quantitative estimate of drug-likeness (QED) is 0.401. The molecule has 2 aromatic heterocycles. The van der Waals surface area contributed by atoms with Crippen LogP contribution < -0.4 is 0 Å². The summed E-state index contributed by atoms with van der Waals surface area (Å²) in [6.07, 6.45) is 4.94. The molecule has 0 radical (unpaired) electrons. The number of benzene rings is 1. The van der Waals surface area contributed by atoms with Gasteiger partial charge in [0.1, 0.15) is 17.2 Å². The van der Waals surface area contributed by atoms with Crippen molar-refractivity contribution >= 4 is 16.9 Å². The van der Waals surface area contributed by atoms with E-state index in [1.165, 1.54) is 0 Å². The summed E-state index contributed by atoms with van der Waals surface area (Å²) in [5, 5.41) is 0.920. The lowest BCUT2D eigenvalue weighted by molar-refractivity contribution is 0.0679. The Morgan fingerprint density at radius 1 is 1.19 bits per heavy atom. The van der Waals surface area contributed by atoms with Gasteiger partial charge in [-0.2, -0.15) is 0 Å². The molecule has 0 aliphatic heterocycles. The van der Waals surface area contributed by atoms with E-state index in [1.54, 1.807) is 19.1 Å². The van der Waals surface area contributed by atoms with Gasteiger partial charge in [0, 0.05) is 35.3 Å². The van der Waals surface area contributed by atoms with Gasteiger partial charge in [0.2, 0.25) is 0 Å². The van der Waals surface area contributed by atoms with E-state index in [2.05, 4.69) is 46.1 Å². The van der Waals surface area contributed by atoms with E-state index in [-0.39, 0.29) is 23.3 Å². The van der Waals surface area contributed by atoms with Gasteiger partial charge in [-0.1, -0.05) is 32.4 Å². The van der Waals surface area contributed by atoms with Gasteiger partial charge in [0.15, 0.2) is 0 Å². The number of rotatable bonds is 7. The molecule has 5 heteroatoms. The van der Waals surface area contributed by atoms with Crippen molar-refractivity contribution in [3.05, 3.63) is 53.6 Å². The molecule has 172 valence electrons. The molecular weight excluding hydrogens is 401 g/mol. The first kappa shape index (κ1) is 24.0. The minimum Gasteiger partial charge on any atom is -0.335 e. The monoisotopic (exact) mass is 437 g/mol. The van der Waals surface area contributed by atoms with Crippen molar-refractivity contribution in [3.8, 4) is 11.1 Å². The molecule has 1 aromatic carbocycles. The van der Waals surface area contributed by atoms with Gasteiger partial charge in [-0.25, -0.2) is 9.37 Å². The fraction of sp³-hybridized carbons (Fsp3) is 0.481. The Balaban J connectivity index is 2.14. The van der Waals surface area contributed by atoms with Crippen LogP contribution in [0.5, 0.6) is 0 Å². The number of hydrogen-bond donors (Lipinski definition) is 0. The first-order valence-electron chi connectivity index (χ1n) is 11.7. The number of aryl methyl sites for hydroxylation is 1. The van der Waals surface area contributed by atoms with Gasteiger partial charge >= 0.3 is 0 Å². The second kappa shape index (κ2) is 9.43. The molecule has 0 fully saturated rings. The molecule has 4 nitrogen and oxygen atoms in total. The van der Waals surface area contributed by atoms with E-state index in [1.807, 2.05) is 29.3 Å². The highest BCUT2D eigenvalue weighted by Crippen LogP contribution is 2.34. The van der Waals surface area contributed by atoms with E-state index in [0.717, 1.165) is 48.0 Å². The zero-order chi connectivity index (χ0) is 23.6. The maximum absolute atomic E-state index is 14.3. The van der Waals surface area contributed by atoms with Gasteiger partial charge in [0.25, 0.3) is 5.91 Å². The summed E-state index contributed by atoms with van der Waals surface area (Å²) in [5.41, 5.74) is 3.32. The number of hydrogen-bond acceptors (Lipinski definition) is 2. The van der Waals surface area contributed by atoms with Crippen LogP contribution in [0.3, 0.4) is 0 Å². The van der Waals surface area contributed by atoms with Crippen molar-refractivity contribution in [2.45, 2.75) is 79.3 Å². The molecule has 0 aliphatic carbocycles. The maximum Gasteiger partial charge on any atom is 0.272 e. The number of fused-ring (bicyclic) bond motifs is 1. The fourth-order valence-electron chi connectivity index (χ4n) is 3.94. The molecule has 0 spiro atoms. The van der Waals surface area contributed by atoms with E-state index < -0.39 is 0 Å². The average Bonchev–Trinajstić information content (AvgIpc) is 3.14. The zero-order valence-corrected chi connectivity index (χ0v) is 20.5. The number of carbonyl (C=O) groups is 1. The van der Waals surface area contributed by atoms with Crippen LogP contribution in [0.4, 0.5) is 4.39 Å². The van der Waals surface area contributed by atoms with Gasteiger partial charge in [0.05, 0.1) is 0 Å². The minimum absolute atomic E-state index is 0.0284. The lowest BCUT2D eigenvalue weighted by Gasteiger charge is -2.28. The summed E-state index contributed by atoms with van der Waals surface area (Å²) >= 11 is 0. The Morgan fingerprint density at radius 2 is 1.91 bits per heavy atom. The van der Waals surface area contributed by atoms with Crippen molar-refractivity contribution < 1.29 is 9.18 Å². The molecule has 0 N–H and O–H groups in total. The van der Waals surface area contributed by atoms with Crippen LogP contribution in [0, 0.1) is 12.7 Å². The van der Waals surface area contributed by atoms with Gasteiger partial charge in [-0.15, -0.1) is 0 Å². The van der Waals surface area contributed by atoms with Crippen LogP contribution in [0.2, 0.25) is 0 Å². The molecule has 0 aliphatic rings. The lowest BCUT2D eigenvalue weighted by atomic mass is 10.0. The fourth-order valence-corrected chi connectivity index (χ4v) is 3.94. The van der Waals surface area contributed by atoms with Crippen molar-refractivity contribution in [1.29, 1.82) is 0 Å². The Labute approximate surface area is 191 Å². The molecule has 0 saturated carbocycles. The number of aromatic nitrogens is 2. The van der Waals surface area contributed by atoms with Crippen molar-refractivity contribution in [1.82, 2.24) is 14.5 Å². The number of nitrogens with zero attached hydrogens (tertiary/aromatic N) is 3. The highest BCUT2D eigenvalue weighted by molar-refractivity contribution is 5.99. The molecule has 0 bridgehead atoms. The van der Waals surface area contributed by atoms with Gasteiger partial charge < -0.3 is 9.47 Å². The normalized spacial score (nSPS) is 12.9. The van der Waals surface area contributed by atoms with E-state index in [9.17, 15) is 9.18 Å². The SMILES string of the molecule is CCCCN(C(=O)c1ccc2c(-c3ccc(C)c(F)c3)cn(C(C)(C)C)c2n1)[C@H](C)CC. The molecule has 2 heterocycles. The third-order valence-electron chi connectivity index (χ3n) is 6.21. The second-order valence-corrected chi connectivity index (χ2v) is 9.72.